The average Bonchev–Trinajstić information content (AvgIpc) is 2.86. The third kappa shape index (κ3) is 4.65. The van der Waals surface area contributed by atoms with Crippen LogP contribution in [0.25, 0.3) is 0 Å². The molecule has 33 heavy (non-hydrogen) atoms. The van der Waals surface area contributed by atoms with E-state index < -0.39 is 0 Å². The molecule has 2 aromatic heterocycles. The number of ether oxygens (including phenoxy) is 1. The second-order valence-electron chi connectivity index (χ2n) is 9.04. The molecular weight excluding hydrogens is 418 g/mol. The van der Waals surface area contributed by atoms with Crippen molar-refractivity contribution in [1.29, 1.82) is 0 Å². The van der Waals surface area contributed by atoms with Gasteiger partial charge in [0.1, 0.15) is 12.1 Å². The van der Waals surface area contributed by atoms with Crippen molar-refractivity contribution in [3.8, 4) is 5.75 Å². The van der Waals surface area contributed by atoms with Crippen LogP contribution in [-0.2, 0) is 0 Å². The molecule has 8 nitrogen and oxygen atoms in total. The standard InChI is InChI=1S/C25H33N5O3/c1-5-18-7-6-9-28(16-18)25(32)19-13-21-23(27-15-19)29(11-12-33-21)20-8-10-30(22(14-20)26-4)24(31)17(2)3/h8,10,13-15,17-18H,5-7,9,11-12,16H2,1-4H3. The van der Waals surface area contributed by atoms with Gasteiger partial charge in [-0.1, -0.05) is 27.2 Å². The summed E-state index contributed by atoms with van der Waals surface area (Å²) in [5.74, 6) is 1.72. The molecule has 4 rings (SSSR count). The van der Waals surface area contributed by atoms with Gasteiger partial charge in [0.15, 0.2) is 11.6 Å². The van der Waals surface area contributed by atoms with Gasteiger partial charge in [0.25, 0.3) is 5.91 Å². The van der Waals surface area contributed by atoms with Crippen molar-refractivity contribution in [2.75, 3.05) is 38.2 Å². The van der Waals surface area contributed by atoms with Gasteiger partial charge < -0.3 is 14.5 Å². The lowest BCUT2D eigenvalue weighted by atomic mass is 9.95. The number of amides is 1. The highest BCUT2D eigenvalue weighted by Crippen LogP contribution is 2.35. The Kier molecular flexibility index (Phi) is 6.81. The number of likely N-dealkylation sites (tertiary alicyclic amines) is 1. The number of carbonyl (C=O) groups excluding carboxylic acids is 2. The molecule has 0 N–H and O–H groups in total. The minimum Gasteiger partial charge on any atom is -0.488 e. The second kappa shape index (κ2) is 9.77. The Morgan fingerprint density at radius 1 is 1.27 bits per heavy atom. The fourth-order valence-electron chi connectivity index (χ4n) is 4.51. The zero-order valence-electron chi connectivity index (χ0n) is 20.0. The number of nitrogens with zero attached hydrogens (tertiary/aromatic N) is 5. The number of hydrogen-bond acceptors (Lipinski definition) is 6. The number of rotatable bonds is 4. The molecule has 1 fully saturated rings. The topological polar surface area (TPSA) is 80.0 Å². The maximum absolute atomic E-state index is 13.1. The van der Waals surface area contributed by atoms with Crippen LogP contribution in [0.3, 0.4) is 0 Å². The minimum atomic E-state index is -0.129. The maximum Gasteiger partial charge on any atom is 0.255 e. The summed E-state index contributed by atoms with van der Waals surface area (Å²) in [6, 6.07) is 5.58. The van der Waals surface area contributed by atoms with Crippen LogP contribution in [0.2, 0.25) is 0 Å². The van der Waals surface area contributed by atoms with Crippen molar-refractivity contribution in [3.63, 3.8) is 0 Å². The van der Waals surface area contributed by atoms with E-state index in [1.54, 1.807) is 24.0 Å². The number of aromatic nitrogens is 2. The molecule has 2 aliphatic rings. The number of anilines is 2. The van der Waals surface area contributed by atoms with E-state index in [1.807, 2.05) is 41.8 Å². The van der Waals surface area contributed by atoms with Crippen LogP contribution in [0, 0.1) is 11.8 Å². The Hall–Kier alpha value is -3.16. The summed E-state index contributed by atoms with van der Waals surface area (Å²) in [6.45, 7) is 8.62. The highest BCUT2D eigenvalue weighted by atomic mass is 16.5. The SMILES string of the molecule is CCC1CCCN(C(=O)c2cnc3c(c2)OCCN3c2ccn(C(=O)C(C)C)c(=NC)c2)C1. The van der Waals surface area contributed by atoms with E-state index in [2.05, 4.69) is 16.9 Å². The van der Waals surface area contributed by atoms with E-state index in [4.69, 9.17) is 4.74 Å². The third-order valence-electron chi connectivity index (χ3n) is 6.48. The normalized spacial score (nSPS) is 18.8. The van der Waals surface area contributed by atoms with Crippen LogP contribution in [-0.4, -0.2) is 59.6 Å². The Balaban J connectivity index is 1.61. The predicted molar refractivity (Wildman–Crippen MR) is 127 cm³/mol. The molecule has 0 spiro atoms. The Morgan fingerprint density at radius 2 is 2.09 bits per heavy atom. The van der Waals surface area contributed by atoms with Crippen molar-refractivity contribution in [2.24, 2.45) is 16.8 Å². The molecule has 4 heterocycles. The van der Waals surface area contributed by atoms with E-state index in [-0.39, 0.29) is 17.7 Å². The van der Waals surface area contributed by atoms with Crippen LogP contribution in [0.15, 0.2) is 35.6 Å². The third-order valence-corrected chi connectivity index (χ3v) is 6.48. The van der Waals surface area contributed by atoms with Gasteiger partial charge in [-0.2, -0.15) is 0 Å². The van der Waals surface area contributed by atoms with E-state index >= 15 is 0 Å². The lowest BCUT2D eigenvalue weighted by molar-refractivity contribution is 0.0670. The summed E-state index contributed by atoms with van der Waals surface area (Å²) in [6.07, 6.45) is 6.73. The number of pyridine rings is 2. The van der Waals surface area contributed by atoms with Gasteiger partial charge in [-0.05, 0) is 30.9 Å². The van der Waals surface area contributed by atoms with Crippen molar-refractivity contribution in [3.05, 3.63) is 41.6 Å². The van der Waals surface area contributed by atoms with Gasteiger partial charge in [-0.25, -0.2) is 4.98 Å². The Bertz CT molecular complexity index is 1110. The fourth-order valence-corrected chi connectivity index (χ4v) is 4.51. The van der Waals surface area contributed by atoms with Crippen molar-refractivity contribution in [1.82, 2.24) is 14.5 Å². The van der Waals surface area contributed by atoms with E-state index in [0.717, 1.165) is 31.6 Å². The second-order valence-corrected chi connectivity index (χ2v) is 9.04. The summed E-state index contributed by atoms with van der Waals surface area (Å²) < 4.78 is 7.46. The largest absolute Gasteiger partial charge is 0.488 e. The van der Waals surface area contributed by atoms with Crippen LogP contribution in [0.5, 0.6) is 5.75 Å². The predicted octanol–water partition coefficient (Wildman–Crippen LogP) is 3.50. The van der Waals surface area contributed by atoms with E-state index in [1.165, 1.54) is 6.42 Å². The monoisotopic (exact) mass is 451 g/mol. The molecule has 1 atom stereocenters. The van der Waals surface area contributed by atoms with Crippen molar-refractivity contribution < 1.29 is 14.3 Å². The van der Waals surface area contributed by atoms with Gasteiger partial charge in [0.2, 0.25) is 5.91 Å². The molecule has 8 heteroatoms. The molecule has 0 aromatic carbocycles. The maximum atomic E-state index is 13.1. The van der Waals surface area contributed by atoms with Crippen LogP contribution in [0.4, 0.5) is 11.5 Å². The van der Waals surface area contributed by atoms with Gasteiger partial charge in [-0.3, -0.25) is 19.1 Å². The summed E-state index contributed by atoms with van der Waals surface area (Å²) in [4.78, 5) is 38.5. The highest BCUT2D eigenvalue weighted by Gasteiger charge is 2.27. The van der Waals surface area contributed by atoms with Crippen molar-refractivity contribution in [2.45, 2.75) is 40.0 Å². The number of fused-ring (bicyclic) bond motifs is 1. The van der Waals surface area contributed by atoms with Gasteiger partial charge in [-0.15, -0.1) is 0 Å². The van der Waals surface area contributed by atoms with Gasteiger partial charge >= 0.3 is 0 Å². The molecule has 1 saturated heterocycles. The average molecular weight is 452 g/mol. The molecule has 176 valence electrons. The van der Waals surface area contributed by atoms with Crippen LogP contribution in [0.1, 0.15) is 55.2 Å². The quantitative estimate of drug-likeness (QED) is 0.711. The molecule has 1 unspecified atom stereocenters. The highest BCUT2D eigenvalue weighted by molar-refractivity contribution is 5.95. The minimum absolute atomic E-state index is 0.00571. The smallest absolute Gasteiger partial charge is 0.255 e. The molecule has 2 aromatic rings. The summed E-state index contributed by atoms with van der Waals surface area (Å²) in [5, 5.41) is 0. The van der Waals surface area contributed by atoms with Gasteiger partial charge in [0, 0.05) is 50.2 Å². The molecular formula is C25H33N5O3. The Morgan fingerprint density at radius 3 is 2.82 bits per heavy atom. The number of carbonyl (C=O) groups is 2. The zero-order chi connectivity index (χ0) is 23.5. The zero-order valence-corrected chi connectivity index (χ0v) is 20.0. The molecule has 0 saturated carbocycles. The first-order valence-corrected chi connectivity index (χ1v) is 11.8. The first-order chi connectivity index (χ1) is 15.9. The lowest BCUT2D eigenvalue weighted by Gasteiger charge is -2.33. The summed E-state index contributed by atoms with van der Waals surface area (Å²) >= 11 is 0. The van der Waals surface area contributed by atoms with E-state index in [0.29, 0.717) is 41.7 Å². The molecule has 0 radical (unpaired) electrons. The molecule has 0 bridgehead atoms. The summed E-state index contributed by atoms with van der Waals surface area (Å²) in [7, 11) is 1.68. The molecule has 1 amide bonds. The van der Waals surface area contributed by atoms with Crippen LogP contribution >= 0.6 is 0 Å². The molecule has 2 aliphatic heterocycles. The number of piperidine rings is 1. The molecule has 0 aliphatic carbocycles. The first kappa shape index (κ1) is 23.0. The fraction of sp³-hybridized carbons (Fsp3) is 0.520. The Labute approximate surface area is 194 Å². The number of hydrogen-bond donors (Lipinski definition) is 0. The van der Waals surface area contributed by atoms with Crippen molar-refractivity contribution >= 4 is 23.3 Å². The first-order valence-electron chi connectivity index (χ1n) is 11.8. The van der Waals surface area contributed by atoms with E-state index in [9.17, 15) is 9.59 Å². The van der Waals surface area contributed by atoms with Crippen LogP contribution < -0.4 is 15.1 Å². The lowest BCUT2D eigenvalue weighted by Crippen LogP contribution is -2.40. The summed E-state index contributed by atoms with van der Waals surface area (Å²) in [5.41, 5.74) is 2.02. The van der Waals surface area contributed by atoms with Gasteiger partial charge in [0.05, 0.1) is 12.1 Å².